The predicted molar refractivity (Wildman–Crippen MR) is 116 cm³/mol. The van der Waals surface area contributed by atoms with E-state index in [0.717, 1.165) is 18.9 Å². The topological polar surface area (TPSA) is 27.7 Å². The van der Waals surface area contributed by atoms with Gasteiger partial charge in [-0.25, -0.2) is 22.0 Å². The number of halogens is 7. The first-order valence-electron chi connectivity index (χ1n) is 11.1. The number of hydrogen-bond donors (Lipinski definition) is 0. The molecule has 3 nitrogen and oxygen atoms in total. The molecule has 4 rings (SSSR count). The van der Waals surface area contributed by atoms with E-state index in [1.54, 1.807) is 12.1 Å². The molecule has 10 heteroatoms. The molecule has 0 atom stereocenters. The van der Waals surface area contributed by atoms with Crippen molar-refractivity contribution in [3.63, 3.8) is 0 Å². The lowest BCUT2D eigenvalue weighted by molar-refractivity contribution is -0.206. The number of rotatable bonds is 7. The van der Waals surface area contributed by atoms with Crippen molar-refractivity contribution in [3.8, 4) is 16.9 Å². The van der Waals surface area contributed by atoms with Gasteiger partial charge in [-0.2, -0.15) is 8.78 Å². The zero-order valence-corrected chi connectivity index (χ0v) is 19.0. The van der Waals surface area contributed by atoms with E-state index < -0.39 is 52.8 Å². The average molecular weight is 514 g/mol. The highest BCUT2D eigenvalue weighted by Crippen LogP contribution is 2.37. The molecule has 0 spiro atoms. The van der Waals surface area contributed by atoms with Gasteiger partial charge < -0.3 is 14.2 Å². The van der Waals surface area contributed by atoms with Crippen LogP contribution in [0.2, 0.25) is 0 Å². The Morgan fingerprint density at radius 1 is 0.833 bits per heavy atom. The van der Waals surface area contributed by atoms with Crippen molar-refractivity contribution in [2.24, 2.45) is 5.92 Å². The van der Waals surface area contributed by atoms with Gasteiger partial charge in [0.2, 0.25) is 0 Å². The quantitative estimate of drug-likeness (QED) is 0.240. The predicted octanol–water partition coefficient (Wildman–Crippen LogP) is 7.64. The number of alkyl halides is 2. The van der Waals surface area contributed by atoms with E-state index >= 15 is 0 Å². The van der Waals surface area contributed by atoms with E-state index in [0.29, 0.717) is 30.8 Å². The SMILES string of the molecule is CCCC1COC(c2ccc(-c3ccc(C(F)(F)Oc4cc(F)c(F)c(F)c4)c(F)c3F)cc2)OC1. The molecule has 192 valence electrons. The summed E-state index contributed by atoms with van der Waals surface area (Å²) in [7, 11) is 0. The molecule has 0 bridgehead atoms. The summed E-state index contributed by atoms with van der Waals surface area (Å²) in [6.07, 6.45) is -3.13. The molecule has 1 aliphatic rings. The Hall–Kier alpha value is -3.11. The zero-order chi connectivity index (χ0) is 26.0. The Morgan fingerprint density at radius 2 is 1.44 bits per heavy atom. The number of hydrogen-bond acceptors (Lipinski definition) is 3. The molecular weight excluding hydrogens is 493 g/mol. The maximum atomic E-state index is 14.8. The fraction of sp³-hybridized carbons (Fsp3) is 0.308. The third-order valence-corrected chi connectivity index (χ3v) is 5.76. The molecular formula is C26H21F7O3. The zero-order valence-electron chi connectivity index (χ0n) is 19.0. The smallest absolute Gasteiger partial charge is 0.429 e. The maximum absolute atomic E-state index is 14.8. The molecule has 3 aromatic rings. The number of ether oxygens (including phenoxy) is 3. The summed E-state index contributed by atoms with van der Waals surface area (Å²) in [5.41, 5.74) is -0.944. The molecule has 0 unspecified atom stereocenters. The normalized spacial score (nSPS) is 18.3. The summed E-state index contributed by atoms with van der Waals surface area (Å²) in [4.78, 5) is 0. The molecule has 1 saturated heterocycles. The average Bonchev–Trinajstić information content (AvgIpc) is 2.84. The summed E-state index contributed by atoms with van der Waals surface area (Å²) < 4.78 is 114. The summed E-state index contributed by atoms with van der Waals surface area (Å²) in [5, 5.41) is 0. The van der Waals surface area contributed by atoms with Crippen molar-refractivity contribution < 1.29 is 44.9 Å². The molecule has 0 radical (unpaired) electrons. The van der Waals surface area contributed by atoms with Crippen LogP contribution in [0.5, 0.6) is 5.75 Å². The van der Waals surface area contributed by atoms with Crippen molar-refractivity contribution in [2.45, 2.75) is 32.2 Å². The second kappa shape index (κ2) is 10.5. The largest absolute Gasteiger partial charge is 0.429 e. The summed E-state index contributed by atoms with van der Waals surface area (Å²) in [6, 6.07) is 7.99. The van der Waals surface area contributed by atoms with Crippen LogP contribution in [-0.4, -0.2) is 13.2 Å². The van der Waals surface area contributed by atoms with E-state index in [1.807, 2.05) is 0 Å². The molecule has 1 aliphatic heterocycles. The lowest BCUT2D eigenvalue weighted by Gasteiger charge is -2.29. The first-order valence-corrected chi connectivity index (χ1v) is 11.1. The minimum absolute atomic E-state index is 0.167. The fourth-order valence-electron chi connectivity index (χ4n) is 3.92. The Balaban J connectivity index is 1.53. The molecule has 0 aromatic heterocycles. The first-order chi connectivity index (χ1) is 17.1. The highest BCUT2D eigenvalue weighted by Gasteiger charge is 2.40. The van der Waals surface area contributed by atoms with Crippen LogP contribution in [0.1, 0.15) is 37.2 Å². The maximum Gasteiger partial charge on any atom is 0.429 e. The molecule has 1 heterocycles. The third-order valence-electron chi connectivity index (χ3n) is 5.76. The summed E-state index contributed by atoms with van der Waals surface area (Å²) in [6.45, 7) is 3.14. The van der Waals surface area contributed by atoms with E-state index in [4.69, 9.17) is 9.47 Å². The van der Waals surface area contributed by atoms with Crippen LogP contribution >= 0.6 is 0 Å². The third kappa shape index (κ3) is 5.34. The van der Waals surface area contributed by atoms with Crippen LogP contribution < -0.4 is 4.74 Å². The van der Waals surface area contributed by atoms with Gasteiger partial charge in [-0.05, 0) is 18.1 Å². The van der Waals surface area contributed by atoms with E-state index in [-0.39, 0.29) is 23.3 Å². The van der Waals surface area contributed by atoms with Gasteiger partial charge in [0, 0.05) is 29.2 Å². The van der Waals surface area contributed by atoms with Gasteiger partial charge in [-0.3, -0.25) is 0 Å². The lowest BCUT2D eigenvalue weighted by atomic mass is 10.00. The van der Waals surface area contributed by atoms with Crippen molar-refractivity contribution in [3.05, 3.63) is 88.7 Å². The first kappa shape index (κ1) is 26.0. The summed E-state index contributed by atoms with van der Waals surface area (Å²) in [5.74, 6) is -9.74. The minimum Gasteiger partial charge on any atom is -0.429 e. The molecule has 0 aliphatic carbocycles. The molecule has 1 fully saturated rings. The van der Waals surface area contributed by atoms with Crippen LogP contribution in [0.3, 0.4) is 0 Å². The monoisotopic (exact) mass is 514 g/mol. The molecule has 0 amide bonds. The van der Waals surface area contributed by atoms with E-state index in [2.05, 4.69) is 11.7 Å². The summed E-state index contributed by atoms with van der Waals surface area (Å²) >= 11 is 0. The minimum atomic E-state index is -4.52. The molecule has 36 heavy (non-hydrogen) atoms. The van der Waals surface area contributed by atoms with Crippen molar-refractivity contribution in [1.29, 1.82) is 0 Å². The van der Waals surface area contributed by atoms with Crippen LogP contribution in [0.15, 0.2) is 48.5 Å². The molecule has 0 N–H and O–H groups in total. The van der Waals surface area contributed by atoms with Gasteiger partial charge in [-0.15, -0.1) is 0 Å². The van der Waals surface area contributed by atoms with Crippen molar-refractivity contribution in [2.75, 3.05) is 13.2 Å². The second-order valence-corrected chi connectivity index (χ2v) is 8.38. The van der Waals surface area contributed by atoms with Gasteiger partial charge in [-0.1, -0.05) is 43.7 Å². The second-order valence-electron chi connectivity index (χ2n) is 8.38. The Labute approximate surface area is 202 Å². The van der Waals surface area contributed by atoms with Crippen molar-refractivity contribution >= 4 is 0 Å². The van der Waals surface area contributed by atoms with Crippen LogP contribution in [0, 0.1) is 35.0 Å². The van der Waals surface area contributed by atoms with E-state index in [1.165, 1.54) is 12.1 Å². The van der Waals surface area contributed by atoms with Crippen LogP contribution in [-0.2, 0) is 15.6 Å². The van der Waals surface area contributed by atoms with E-state index in [9.17, 15) is 30.7 Å². The highest BCUT2D eigenvalue weighted by atomic mass is 19.3. The van der Waals surface area contributed by atoms with Crippen molar-refractivity contribution in [1.82, 2.24) is 0 Å². The Bertz CT molecular complexity index is 1200. The standard InChI is InChI=1S/C26H21F7O3/c1-2-3-14-12-34-25(35-13-14)16-6-4-15(5-7-16)18-8-9-19(23(30)22(18)29)26(32,33)36-17-10-20(27)24(31)21(28)11-17/h4-11,14,25H,2-3,12-13H2,1H3. The van der Waals surface area contributed by atoms with Gasteiger partial charge in [0.25, 0.3) is 0 Å². The van der Waals surface area contributed by atoms with Gasteiger partial charge >= 0.3 is 6.11 Å². The lowest BCUT2D eigenvalue weighted by Crippen LogP contribution is -2.26. The molecule has 3 aromatic carbocycles. The highest BCUT2D eigenvalue weighted by molar-refractivity contribution is 5.65. The van der Waals surface area contributed by atoms with Crippen LogP contribution in [0.4, 0.5) is 30.7 Å². The number of benzene rings is 3. The van der Waals surface area contributed by atoms with Gasteiger partial charge in [0.15, 0.2) is 35.4 Å². The Kier molecular flexibility index (Phi) is 7.56. The van der Waals surface area contributed by atoms with Gasteiger partial charge in [0.1, 0.15) is 11.3 Å². The van der Waals surface area contributed by atoms with Gasteiger partial charge in [0.05, 0.1) is 13.2 Å². The molecule has 0 saturated carbocycles. The van der Waals surface area contributed by atoms with Crippen LogP contribution in [0.25, 0.3) is 11.1 Å². The Morgan fingerprint density at radius 3 is 2.03 bits per heavy atom. The fourth-order valence-corrected chi connectivity index (χ4v) is 3.92.